The molecule has 72 valence electrons. The van der Waals surface area contributed by atoms with Crippen molar-refractivity contribution in [1.29, 1.82) is 0 Å². The van der Waals surface area contributed by atoms with Crippen LogP contribution < -0.4 is 5.32 Å². The summed E-state index contributed by atoms with van der Waals surface area (Å²) in [4.78, 5) is 10.8. The smallest absolute Gasteiger partial charge is 0.235 e. The molecule has 0 bridgehead atoms. The Morgan fingerprint density at radius 3 is 2.42 bits per heavy atom. The van der Waals surface area contributed by atoms with E-state index in [1.54, 1.807) is 6.92 Å². The molecule has 1 unspecified atom stereocenters. The van der Waals surface area contributed by atoms with Crippen LogP contribution in [0.3, 0.4) is 0 Å². The van der Waals surface area contributed by atoms with Gasteiger partial charge in [-0.1, -0.05) is 0 Å². The Morgan fingerprint density at radius 2 is 2.08 bits per heavy atom. The predicted molar refractivity (Wildman–Crippen MR) is 44.4 cm³/mol. The molecule has 0 spiro atoms. The van der Waals surface area contributed by atoms with Crippen molar-refractivity contribution in [3.8, 4) is 0 Å². The number of carbonyl (C=O) groups is 1. The maximum atomic E-state index is 10.8. The van der Waals surface area contributed by atoms with Gasteiger partial charge in [0, 0.05) is 12.3 Å². The zero-order chi connectivity index (χ0) is 9.78. The van der Waals surface area contributed by atoms with Crippen molar-refractivity contribution in [2.45, 2.75) is 13.0 Å². The molecule has 6 heteroatoms. The number of sulfone groups is 1. The number of aliphatic hydroxyl groups excluding tert-OH is 1. The highest BCUT2D eigenvalue weighted by atomic mass is 32.2. The topological polar surface area (TPSA) is 83.5 Å². The van der Waals surface area contributed by atoms with E-state index in [0.29, 0.717) is 0 Å². The second-order valence-corrected chi connectivity index (χ2v) is 4.86. The molecule has 0 aliphatic heterocycles. The molecule has 0 radical (unpaired) electrons. The summed E-state index contributed by atoms with van der Waals surface area (Å²) in [5.74, 6) is -1.11. The van der Waals surface area contributed by atoms with Crippen molar-refractivity contribution >= 4 is 15.7 Å². The lowest BCUT2D eigenvalue weighted by atomic mass is 10.4. The molecule has 0 saturated carbocycles. The zero-order valence-electron chi connectivity index (χ0n) is 7.07. The fraction of sp³-hybridized carbons (Fsp3) is 0.833. The summed E-state index contributed by atoms with van der Waals surface area (Å²) in [5, 5.41) is 10.8. The van der Waals surface area contributed by atoms with Crippen LogP contribution >= 0.6 is 0 Å². The first-order chi connectivity index (χ1) is 5.35. The molecular formula is C6H13NO4S. The summed E-state index contributed by atoms with van der Waals surface area (Å²) < 4.78 is 21.2. The van der Waals surface area contributed by atoms with Crippen LogP contribution in [0.1, 0.15) is 6.92 Å². The van der Waals surface area contributed by atoms with E-state index in [0.717, 1.165) is 6.26 Å². The molecule has 0 aromatic carbocycles. The first-order valence-corrected chi connectivity index (χ1v) is 5.49. The average Bonchev–Trinajstić information content (AvgIpc) is 1.82. The molecule has 0 aromatic rings. The monoisotopic (exact) mass is 195 g/mol. The highest BCUT2D eigenvalue weighted by Crippen LogP contribution is 1.84. The van der Waals surface area contributed by atoms with E-state index < -0.39 is 27.5 Å². The number of hydrogen-bond donors (Lipinski definition) is 2. The van der Waals surface area contributed by atoms with Gasteiger partial charge >= 0.3 is 0 Å². The Kier molecular flexibility index (Phi) is 4.19. The Morgan fingerprint density at radius 1 is 1.58 bits per heavy atom. The van der Waals surface area contributed by atoms with Gasteiger partial charge in [-0.3, -0.25) is 4.79 Å². The number of rotatable bonds is 4. The molecule has 0 fully saturated rings. The van der Waals surface area contributed by atoms with E-state index in [1.165, 1.54) is 0 Å². The SMILES string of the molecule is CC(CO)NC(=O)CS(C)(=O)=O. The number of carbonyl (C=O) groups excluding carboxylic acids is 1. The van der Waals surface area contributed by atoms with Crippen LogP contribution in [0.15, 0.2) is 0 Å². The van der Waals surface area contributed by atoms with Crippen molar-refractivity contribution in [3.05, 3.63) is 0 Å². The third-order valence-corrected chi connectivity index (χ3v) is 1.86. The van der Waals surface area contributed by atoms with Gasteiger partial charge in [0.05, 0.1) is 6.61 Å². The zero-order valence-corrected chi connectivity index (χ0v) is 7.89. The van der Waals surface area contributed by atoms with E-state index in [2.05, 4.69) is 5.32 Å². The Balaban J connectivity index is 3.92. The largest absolute Gasteiger partial charge is 0.394 e. The van der Waals surface area contributed by atoms with Crippen LogP contribution in [-0.2, 0) is 14.6 Å². The summed E-state index contributed by atoms with van der Waals surface area (Å²) >= 11 is 0. The number of hydrogen-bond acceptors (Lipinski definition) is 4. The van der Waals surface area contributed by atoms with Crippen LogP contribution in [0.2, 0.25) is 0 Å². The van der Waals surface area contributed by atoms with Crippen molar-refractivity contribution in [3.63, 3.8) is 0 Å². The van der Waals surface area contributed by atoms with Gasteiger partial charge in [-0.25, -0.2) is 8.42 Å². The van der Waals surface area contributed by atoms with Crippen molar-refractivity contribution < 1.29 is 18.3 Å². The molecule has 0 aliphatic rings. The minimum atomic E-state index is -3.27. The molecule has 1 amide bonds. The molecule has 12 heavy (non-hydrogen) atoms. The van der Waals surface area contributed by atoms with Gasteiger partial charge in [-0.15, -0.1) is 0 Å². The average molecular weight is 195 g/mol. The lowest BCUT2D eigenvalue weighted by Crippen LogP contribution is -2.38. The van der Waals surface area contributed by atoms with Crippen LogP contribution in [0, 0.1) is 0 Å². The molecule has 0 rings (SSSR count). The Labute approximate surface area is 71.7 Å². The third kappa shape index (κ3) is 6.11. The van der Waals surface area contributed by atoms with E-state index in [-0.39, 0.29) is 6.61 Å². The molecule has 0 heterocycles. The van der Waals surface area contributed by atoms with Gasteiger partial charge in [0.1, 0.15) is 5.75 Å². The van der Waals surface area contributed by atoms with Crippen LogP contribution in [0.4, 0.5) is 0 Å². The van der Waals surface area contributed by atoms with Crippen LogP contribution in [0.5, 0.6) is 0 Å². The molecule has 0 aliphatic carbocycles. The van der Waals surface area contributed by atoms with E-state index in [1.807, 2.05) is 0 Å². The highest BCUT2D eigenvalue weighted by Gasteiger charge is 2.12. The molecule has 0 aromatic heterocycles. The Bertz CT molecular complexity index is 246. The minimum absolute atomic E-state index is 0.199. The normalized spacial score (nSPS) is 13.9. The third-order valence-electron chi connectivity index (χ3n) is 1.07. The maximum absolute atomic E-state index is 10.8. The summed E-state index contributed by atoms with van der Waals surface area (Å²) in [6.07, 6.45) is 0.982. The highest BCUT2D eigenvalue weighted by molar-refractivity contribution is 7.91. The number of amides is 1. The second kappa shape index (κ2) is 4.42. The van der Waals surface area contributed by atoms with Gasteiger partial charge in [0.15, 0.2) is 9.84 Å². The fourth-order valence-corrected chi connectivity index (χ4v) is 1.16. The quantitative estimate of drug-likeness (QED) is 0.573. The lowest BCUT2D eigenvalue weighted by molar-refractivity contribution is -0.119. The van der Waals surface area contributed by atoms with Gasteiger partial charge in [0.2, 0.25) is 5.91 Å². The van der Waals surface area contributed by atoms with Crippen molar-refractivity contribution in [2.75, 3.05) is 18.6 Å². The second-order valence-electron chi connectivity index (χ2n) is 2.72. The summed E-state index contributed by atoms with van der Waals surface area (Å²) in [6, 6.07) is -0.403. The van der Waals surface area contributed by atoms with Crippen LogP contribution in [-0.4, -0.2) is 44.1 Å². The summed E-state index contributed by atoms with van der Waals surface area (Å²) in [6.45, 7) is 1.38. The molecule has 5 nitrogen and oxygen atoms in total. The summed E-state index contributed by atoms with van der Waals surface area (Å²) in [7, 11) is -3.27. The Hall–Kier alpha value is -0.620. The number of nitrogens with one attached hydrogen (secondary N) is 1. The fourth-order valence-electron chi connectivity index (χ4n) is 0.600. The van der Waals surface area contributed by atoms with E-state index in [9.17, 15) is 13.2 Å². The molecular weight excluding hydrogens is 182 g/mol. The van der Waals surface area contributed by atoms with E-state index >= 15 is 0 Å². The van der Waals surface area contributed by atoms with Gasteiger partial charge in [-0.05, 0) is 6.92 Å². The summed E-state index contributed by atoms with van der Waals surface area (Å²) in [5.41, 5.74) is 0. The molecule has 2 N–H and O–H groups in total. The molecule has 0 saturated heterocycles. The van der Waals surface area contributed by atoms with Gasteiger partial charge in [-0.2, -0.15) is 0 Å². The standard InChI is InChI=1S/C6H13NO4S/c1-5(3-8)7-6(9)4-12(2,10)11/h5,8H,3-4H2,1-2H3,(H,7,9). The van der Waals surface area contributed by atoms with Gasteiger partial charge < -0.3 is 10.4 Å². The minimum Gasteiger partial charge on any atom is -0.394 e. The van der Waals surface area contributed by atoms with Crippen LogP contribution in [0.25, 0.3) is 0 Å². The lowest BCUT2D eigenvalue weighted by Gasteiger charge is -2.09. The van der Waals surface area contributed by atoms with E-state index in [4.69, 9.17) is 5.11 Å². The first kappa shape index (κ1) is 11.4. The van der Waals surface area contributed by atoms with Crippen molar-refractivity contribution in [2.24, 2.45) is 0 Å². The van der Waals surface area contributed by atoms with Crippen molar-refractivity contribution in [1.82, 2.24) is 5.32 Å². The first-order valence-electron chi connectivity index (χ1n) is 3.43. The van der Waals surface area contributed by atoms with Gasteiger partial charge in [0.25, 0.3) is 0 Å². The predicted octanol–water partition coefficient (Wildman–Crippen LogP) is -1.47. The molecule has 1 atom stereocenters. The number of aliphatic hydroxyl groups is 1. The maximum Gasteiger partial charge on any atom is 0.235 e.